The molecule has 1 heterocycles. The lowest BCUT2D eigenvalue weighted by atomic mass is 10.0. The SMILES string of the molecule is CCCNC(=NC)N1CCOC(c2ccccc2C)C1. The summed E-state index contributed by atoms with van der Waals surface area (Å²) in [6, 6.07) is 8.45. The van der Waals surface area contributed by atoms with Crippen molar-refractivity contribution in [2.45, 2.75) is 26.4 Å². The van der Waals surface area contributed by atoms with Crippen molar-refractivity contribution in [2.75, 3.05) is 33.3 Å². The zero-order valence-electron chi connectivity index (χ0n) is 12.7. The molecule has 0 bridgehead atoms. The van der Waals surface area contributed by atoms with Gasteiger partial charge in [-0.05, 0) is 24.5 Å². The Hall–Kier alpha value is -1.55. The lowest BCUT2D eigenvalue weighted by molar-refractivity contribution is -0.00829. The van der Waals surface area contributed by atoms with E-state index in [0.29, 0.717) is 0 Å². The highest BCUT2D eigenvalue weighted by atomic mass is 16.5. The standard InChI is InChI=1S/C16H25N3O/c1-4-9-18-16(17-3)19-10-11-20-15(12-19)14-8-6-5-7-13(14)2/h5-8,15H,4,9-12H2,1-3H3,(H,17,18). The molecule has 1 atom stereocenters. The number of nitrogens with one attached hydrogen (secondary N) is 1. The van der Waals surface area contributed by atoms with Crippen molar-refractivity contribution in [1.29, 1.82) is 0 Å². The predicted molar refractivity (Wildman–Crippen MR) is 83.1 cm³/mol. The van der Waals surface area contributed by atoms with E-state index < -0.39 is 0 Å². The Kier molecular flexibility index (Phi) is 5.41. The van der Waals surface area contributed by atoms with Gasteiger partial charge in [-0.15, -0.1) is 0 Å². The van der Waals surface area contributed by atoms with Crippen LogP contribution in [-0.2, 0) is 4.74 Å². The molecule has 20 heavy (non-hydrogen) atoms. The summed E-state index contributed by atoms with van der Waals surface area (Å²) in [7, 11) is 1.84. The maximum absolute atomic E-state index is 5.95. The molecule has 4 heteroatoms. The molecule has 110 valence electrons. The Morgan fingerprint density at radius 1 is 1.45 bits per heavy atom. The van der Waals surface area contributed by atoms with Gasteiger partial charge in [0.2, 0.25) is 0 Å². The molecular formula is C16H25N3O. The maximum Gasteiger partial charge on any atom is 0.193 e. The molecular weight excluding hydrogens is 250 g/mol. The topological polar surface area (TPSA) is 36.9 Å². The molecule has 1 saturated heterocycles. The molecule has 1 N–H and O–H groups in total. The van der Waals surface area contributed by atoms with Crippen molar-refractivity contribution >= 4 is 5.96 Å². The zero-order valence-corrected chi connectivity index (χ0v) is 12.7. The van der Waals surface area contributed by atoms with E-state index >= 15 is 0 Å². The Morgan fingerprint density at radius 2 is 2.25 bits per heavy atom. The molecule has 0 amide bonds. The van der Waals surface area contributed by atoms with E-state index in [9.17, 15) is 0 Å². The van der Waals surface area contributed by atoms with E-state index in [2.05, 4.69) is 53.3 Å². The zero-order chi connectivity index (χ0) is 14.4. The van der Waals surface area contributed by atoms with Crippen LogP contribution < -0.4 is 5.32 Å². The molecule has 0 aromatic heterocycles. The van der Waals surface area contributed by atoms with E-state index in [-0.39, 0.29) is 6.10 Å². The second-order valence-electron chi connectivity index (χ2n) is 5.14. The van der Waals surface area contributed by atoms with E-state index in [0.717, 1.165) is 38.6 Å². The van der Waals surface area contributed by atoms with Crippen LogP contribution >= 0.6 is 0 Å². The van der Waals surface area contributed by atoms with Crippen LogP contribution in [0.3, 0.4) is 0 Å². The number of aryl methyl sites for hydroxylation is 1. The number of guanidine groups is 1. The van der Waals surface area contributed by atoms with E-state index in [1.54, 1.807) is 0 Å². The first kappa shape index (κ1) is 14.9. The van der Waals surface area contributed by atoms with Gasteiger partial charge in [-0.1, -0.05) is 31.2 Å². The first-order valence-electron chi connectivity index (χ1n) is 7.39. The Balaban J connectivity index is 2.07. The first-order chi connectivity index (χ1) is 9.76. The molecule has 1 aliphatic heterocycles. The highest BCUT2D eigenvalue weighted by Crippen LogP contribution is 2.24. The molecule has 0 spiro atoms. The van der Waals surface area contributed by atoms with Gasteiger partial charge >= 0.3 is 0 Å². The predicted octanol–water partition coefficient (Wildman–Crippen LogP) is 2.35. The fourth-order valence-corrected chi connectivity index (χ4v) is 2.55. The van der Waals surface area contributed by atoms with E-state index in [1.807, 2.05) is 7.05 Å². The van der Waals surface area contributed by atoms with E-state index in [1.165, 1.54) is 11.1 Å². The summed E-state index contributed by atoms with van der Waals surface area (Å²) < 4.78 is 5.95. The average Bonchev–Trinajstić information content (AvgIpc) is 2.49. The third-order valence-corrected chi connectivity index (χ3v) is 3.65. The Morgan fingerprint density at radius 3 is 2.95 bits per heavy atom. The first-order valence-corrected chi connectivity index (χ1v) is 7.39. The van der Waals surface area contributed by atoms with Crippen molar-refractivity contribution in [2.24, 2.45) is 4.99 Å². The van der Waals surface area contributed by atoms with Crippen LogP contribution in [0.5, 0.6) is 0 Å². The van der Waals surface area contributed by atoms with Crippen LogP contribution in [-0.4, -0.2) is 44.1 Å². The maximum atomic E-state index is 5.95. The highest BCUT2D eigenvalue weighted by molar-refractivity contribution is 5.80. The van der Waals surface area contributed by atoms with Crippen molar-refractivity contribution in [3.63, 3.8) is 0 Å². The summed E-state index contributed by atoms with van der Waals surface area (Å²) in [6.07, 6.45) is 1.23. The summed E-state index contributed by atoms with van der Waals surface area (Å²) in [5.41, 5.74) is 2.57. The minimum Gasteiger partial charge on any atom is -0.370 e. The molecule has 4 nitrogen and oxygen atoms in total. The van der Waals surface area contributed by atoms with Gasteiger partial charge in [0.25, 0.3) is 0 Å². The lowest BCUT2D eigenvalue weighted by Gasteiger charge is -2.35. The average molecular weight is 275 g/mol. The fraction of sp³-hybridized carbons (Fsp3) is 0.562. The number of morpholine rings is 1. The molecule has 1 aromatic rings. The monoisotopic (exact) mass is 275 g/mol. The van der Waals surface area contributed by atoms with Crippen molar-refractivity contribution < 1.29 is 4.74 Å². The summed E-state index contributed by atoms with van der Waals surface area (Å²) in [4.78, 5) is 6.66. The quantitative estimate of drug-likeness (QED) is 0.679. The van der Waals surface area contributed by atoms with Crippen molar-refractivity contribution in [1.82, 2.24) is 10.2 Å². The minimum atomic E-state index is 0.130. The van der Waals surface area contributed by atoms with Gasteiger partial charge in [0, 0.05) is 20.1 Å². The second kappa shape index (κ2) is 7.29. The van der Waals surface area contributed by atoms with Crippen LogP contribution in [0.4, 0.5) is 0 Å². The van der Waals surface area contributed by atoms with Crippen LogP contribution in [0.25, 0.3) is 0 Å². The molecule has 2 rings (SSSR count). The number of benzene rings is 1. The summed E-state index contributed by atoms with van der Waals surface area (Å²) >= 11 is 0. The third kappa shape index (κ3) is 3.51. The summed E-state index contributed by atoms with van der Waals surface area (Å²) in [6.45, 7) is 7.75. The van der Waals surface area contributed by atoms with Gasteiger partial charge in [-0.2, -0.15) is 0 Å². The minimum absolute atomic E-state index is 0.130. The molecule has 0 aliphatic carbocycles. The number of hydrogen-bond acceptors (Lipinski definition) is 2. The molecule has 0 radical (unpaired) electrons. The number of ether oxygens (including phenoxy) is 1. The van der Waals surface area contributed by atoms with Gasteiger partial charge in [0.15, 0.2) is 5.96 Å². The summed E-state index contributed by atoms with van der Waals surface area (Å²) in [5, 5.41) is 3.40. The molecule has 0 saturated carbocycles. The van der Waals surface area contributed by atoms with Gasteiger partial charge in [-0.25, -0.2) is 0 Å². The van der Waals surface area contributed by atoms with Gasteiger partial charge in [0.1, 0.15) is 6.10 Å². The van der Waals surface area contributed by atoms with Crippen LogP contribution in [0, 0.1) is 6.92 Å². The van der Waals surface area contributed by atoms with E-state index in [4.69, 9.17) is 4.74 Å². The number of rotatable bonds is 3. The molecule has 1 aromatic carbocycles. The van der Waals surface area contributed by atoms with Crippen molar-refractivity contribution in [3.8, 4) is 0 Å². The molecule has 1 unspecified atom stereocenters. The Labute approximate surface area is 121 Å². The van der Waals surface area contributed by atoms with Crippen LogP contribution in [0.15, 0.2) is 29.3 Å². The number of nitrogens with zero attached hydrogens (tertiary/aromatic N) is 2. The molecule has 1 fully saturated rings. The largest absolute Gasteiger partial charge is 0.370 e. The summed E-state index contributed by atoms with van der Waals surface area (Å²) in [5.74, 6) is 0.980. The Bertz CT molecular complexity index is 459. The van der Waals surface area contributed by atoms with Gasteiger partial charge in [-0.3, -0.25) is 4.99 Å². The molecule has 1 aliphatic rings. The van der Waals surface area contributed by atoms with Crippen molar-refractivity contribution in [3.05, 3.63) is 35.4 Å². The van der Waals surface area contributed by atoms with Crippen LogP contribution in [0.2, 0.25) is 0 Å². The highest BCUT2D eigenvalue weighted by Gasteiger charge is 2.24. The van der Waals surface area contributed by atoms with Gasteiger partial charge < -0.3 is 15.0 Å². The number of hydrogen-bond donors (Lipinski definition) is 1. The normalized spacial score (nSPS) is 20.1. The number of aliphatic imine (C=N–C) groups is 1. The fourth-order valence-electron chi connectivity index (χ4n) is 2.55. The second-order valence-corrected chi connectivity index (χ2v) is 5.14. The smallest absolute Gasteiger partial charge is 0.193 e. The van der Waals surface area contributed by atoms with Gasteiger partial charge in [0.05, 0.1) is 13.2 Å². The van der Waals surface area contributed by atoms with Crippen LogP contribution in [0.1, 0.15) is 30.6 Å². The third-order valence-electron chi connectivity index (χ3n) is 3.65. The lowest BCUT2D eigenvalue weighted by Crippen LogP contribution is -2.48.